The van der Waals surface area contributed by atoms with Gasteiger partial charge in [-0.05, 0) is 67.6 Å². The van der Waals surface area contributed by atoms with Crippen molar-refractivity contribution in [2.75, 3.05) is 31.1 Å². The Hall–Kier alpha value is -3.78. The van der Waals surface area contributed by atoms with Gasteiger partial charge in [0, 0.05) is 31.2 Å². The van der Waals surface area contributed by atoms with Crippen molar-refractivity contribution < 1.29 is 4.39 Å². The molecule has 0 atom stereocenters. The summed E-state index contributed by atoms with van der Waals surface area (Å²) in [4.78, 5) is 15.2. The summed E-state index contributed by atoms with van der Waals surface area (Å²) < 4.78 is 15.2. The van der Waals surface area contributed by atoms with Crippen LogP contribution in [-0.2, 0) is 0 Å². The van der Waals surface area contributed by atoms with Crippen molar-refractivity contribution in [3.05, 3.63) is 66.2 Å². The molecule has 0 bridgehead atoms. The summed E-state index contributed by atoms with van der Waals surface area (Å²) >= 11 is 0. The molecule has 7 nitrogen and oxygen atoms in total. The van der Waals surface area contributed by atoms with Gasteiger partial charge in [-0.2, -0.15) is 5.10 Å². The number of benzene rings is 1. The van der Waals surface area contributed by atoms with Gasteiger partial charge in [0.15, 0.2) is 17.5 Å². The second kappa shape index (κ2) is 10.5. The number of rotatable bonds is 8. The Labute approximate surface area is 210 Å². The van der Waals surface area contributed by atoms with Crippen molar-refractivity contribution in [1.29, 1.82) is 0 Å². The van der Waals surface area contributed by atoms with Crippen molar-refractivity contribution in [3.8, 4) is 11.5 Å². The lowest BCUT2D eigenvalue weighted by molar-refractivity contribution is 0.574. The van der Waals surface area contributed by atoms with Crippen LogP contribution >= 0.6 is 0 Å². The van der Waals surface area contributed by atoms with Gasteiger partial charge in [-0.1, -0.05) is 31.7 Å². The standard InChI is InChI=1S/C28H32FN7/c1-4-18(17-30-6-3)14-19(5-2)20-15-21-24(22(29)16-20)34-35-25(21)27-32-23-10-11-31-28(26(23)33-27)36-12-8-7-9-13-36/h4-5,10-11,14-16,30H,1,6-9,12-13,17H2,2-3H3,(H,32,33)(H,34,35)/b18-14+,19-5+. The lowest BCUT2D eigenvalue weighted by atomic mass is 10.00. The van der Waals surface area contributed by atoms with E-state index >= 15 is 4.39 Å². The van der Waals surface area contributed by atoms with Gasteiger partial charge < -0.3 is 15.2 Å². The third-order valence-corrected chi connectivity index (χ3v) is 6.71. The van der Waals surface area contributed by atoms with Crippen LogP contribution in [0.2, 0.25) is 0 Å². The molecule has 5 rings (SSSR count). The molecule has 36 heavy (non-hydrogen) atoms. The van der Waals surface area contributed by atoms with Gasteiger partial charge in [0.25, 0.3) is 0 Å². The van der Waals surface area contributed by atoms with Crippen molar-refractivity contribution in [1.82, 2.24) is 30.5 Å². The van der Waals surface area contributed by atoms with E-state index in [9.17, 15) is 0 Å². The van der Waals surface area contributed by atoms with Gasteiger partial charge in [-0.15, -0.1) is 0 Å². The van der Waals surface area contributed by atoms with Crippen molar-refractivity contribution in [2.45, 2.75) is 33.1 Å². The lowest BCUT2D eigenvalue weighted by Gasteiger charge is -2.27. The number of aromatic amines is 2. The maximum atomic E-state index is 15.2. The highest BCUT2D eigenvalue weighted by molar-refractivity contribution is 5.97. The fourth-order valence-corrected chi connectivity index (χ4v) is 4.78. The lowest BCUT2D eigenvalue weighted by Crippen LogP contribution is -2.30. The van der Waals surface area contributed by atoms with Gasteiger partial charge in [0.05, 0.1) is 5.52 Å². The molecule has 0 radical (unpaired) electrons. The molecule has 1 fully saturated rings. The number of nitrogens with zero attached hydrogens (tertiary/aromatic N) is 4. The first-order chi connectivity index (χ1) is 17.6. The number of anilines is 1. The zero-order valence-corrected chi connectivity index (χ0v) is 20.9. The number of nitrogens with one attached hydrogen (secondary N) is 3. The third-order valence-electron chi connectivity index (χ3n) is 6.71. The van der Waals surface area contributed by atoms with E-state index in [1.807, 2.05) is 43.5 Å². The minimum absolute atomic E-state index is 0.291. The molecule has 3 N–H and O–H groups in total. The number of hydrogen-bond donors (Lipinski definition) is 3. The minimum Gasteiger partial charge on any atom is -0.355 e. The van der Waals surface area contributed by atoms with Crippen LogP contribution in [0.15, 0.2) is 54.8 Å². The van der Waals surface area contributed by atoms with Crippen molar-refractivity contribution in [2.24, 2.45) is 0 Å². The Morgan fingerprint density at radius 3 is 2.81 bits per heavy atom. The normalized spacial score (nSPS) is 15.2. The Balaban J connectivity index is 1.57. The van der Waals surface area contributed by atoms with Gasteiger partial charge in [0.1, 0.15) is 16.7 Å². The molecule has 8 heteroatoms. The quantitative estimate of drug-likeness (QED) is 0.277. The molecule has 0 aliphatic carbocycles. The molecular weight excluding hydrogens is 453 g/mol. The van der Waals surface area contributed by atoms with Gasteiger partial charge in [0.2, 0.25) is 0 Å². The zero-order chi connectivity index (χ0) is 25.1. The second-order valence-corrected chi connectivity index (χ2v) is 9.06. The average Bonchev–Trinajstić information content (AvgIpc) is 3.54. The average molecular weight is 486 g/mol. The number of allylic oxidation sites excluding steroid dienone is 3. The van der Waals surface area contributed by atoms with E-state index < -0.39 is 0 Å². The maximum absolute atomic E-state index is 15.2. The van der Waals surface area contributed by atoms with Crippen LogP contribution in [0.25, 0.3) is 39.0 Å². The molecule has 0 spiro atoms. The molecule has 3 aromatic heterocycles. The first-order valence-corrected chi connectivity index (χ1v) is 12.6. The first kappa shape index (κ1) is 23.9. The highest BCUT2D eigenvalue weighted by Gasteiger charge is 2.20. The van der Waals surface area contributed by atoms with Crippen LogP contribution in [0.4, 0.5) is 10.2 Å². The van der Waals surface area contributed by atoms with Crippen molar-refractivity contribution in [3.63, 3.8) is 0 Å². The number of halogens is 1. The van der Waals surface area contributed by atoms with E-state index in [4.69, 9.17) is 4.98 Å². The summed E-state index contributed by atoms with van der Waals surface area (Å²) in [5, 5.41) is 11.3. The number of H-pyrrole nitrogens is 2. The first-order valence-electron chi connectivity index (χ1n) is 12.6. The summed E-state index contributed by atoms with van der Waals surface area (Å²) in [5.41, 5.74) is 5.39. The monoisotopic (exact) mass is 485 g/mol. The van der Waals surface area contributed by atoms with Crippen molar-refractivity contribution >= 4 is 33.3 Å². The predicted octanol–water partition coefficient (Wildman–Crippen LogP) is 5.76. The summed E-state index contributed by atoms with van der Waals surface area (Å²) in [6.07, 6.45) is 11.2. The molecule has 1 saturated heterocycles. The Bertz CT molecular complexity index is 1450. The maximum Gasteiger partial charge on any atom is 0.157 e. The van der Waals surface area contributed by atoms with Crippen LogP contribution in [0.5, 0.6) is 0 Å². The number of aromatic nitrogens is 5. The fourth-order valence-electron chi connectivity index (χ4n) is 4.78. The van der Waals surface area contributed by atoms with Gasteiger partial charge >= 0.3 is 0 Å². The number of hydrogen-bond acceptors (Lipinski definition) is 5. The van der Waals surface area contributed by atoms with E-state index in [1.165, 1.54) is 12.5 Å². The number of likely N-dealkylation sites (N-methyl/N-ethyl adjacent to an activating group) is 1. The van der Waals surface area contributed by atoms with E-state index in [1.54, 1.807) is 0 Å². The highest BCUT2D eigenvalue weighted by atomic mass is 19.1. The molecular formula is C28H32FN7. The summed E-state index contributed by atoms with van der Waals surface area (Å²) in [5.74, 6) is 1.13. The van der Waals surface area contributed by atoms with Crippen LogP contribution in [0, 0.1) is 5.82 Å². The summed E-state index contributed by atoms with van der Waals surface area (Å²) in [6, 6.07) is 5.42. The Morgan fingerprint density at radius 2 is 2.06 bits per heavy atom. The number of imidazole rings is 1. The fraction of sp³-hybridized carbons (Fsp3) is 0.321. The SMILES string of the molecule is C=C/C(=C\C(=C/C)c1cc(F)c2n[nH]c(-c3nc4c(N5CCCCC5)nccc4[nH]3)c2c1)CNCC. The molecule has 0 unspecified atom stereocenters. The van der Waals surface area contributed by atoms with Gasteiger partial charge in [-0.25, -0.2) is 14.4 Å². The van der Waals surface area contributed by atoms with E-state index in [0.29, 0.717) is 29.0 Å². The molecule has 4 heterocycles. The molecule has 4 aromatic rings. The minimum atomic E-state index is -0.378. The molecule has 1 aliphatic heterocycles. The van der Waals surface area contributed by atoms with Crippen LogP contribution in [0.1, 0.15) is 38.7 Å². The highest BCUT2D eigenvalue weighted by Crippen LogP contribution is 2.33. The Kier molecular flexibility index (Phi) is 6.95. The molecule has 0 amide bonds. The zero-order valence-electron chi connectivity index (χ0n) is 20.9. The second-order valence-electron chi connectivity index (χ2n) is 9.06. The summed E-state index contributed by atoms with van der Waals surface area (Å²) in [6.45, 7) is 11.5. The van der Waals surface area contributed by atoms with E-state index in [-0.39, 0.29) is 5.82 Å². The summed E-state index contributed by atoms with van der Waals surface area (Å²) in [7, 11) is 0. The molecule has 0 saturated carbocycles. The smallest absolute Gasteiger partial charge is 0.157 e. The van der Waals surface area contributed by atoms with Crippen LogP contribution in [0.3, 0.4) is 0 Å². The van der Waals surface area contributed by atoms with E-state index in [0.717, 1.165) is 66.0 Å². The number of fused-ring (bicyclic) bond motifs is 2. The number of piperidine rings is 1. The third kappa shape index (κ3) is 4.56. The molecule has 1 aromatic carbocycles. The van der Waals surface area contributed by atoms with Crippen LogP contribution < -0.4 is 10.2 Å². The van der Waals surface area contributed by atoms with Gasteiger partial charge in [-0.3, -0.25) is 5.10 Å². The number of pyridine rings is 1. The van der Waals surface area contributed by atoms with E-state index in [2.05, 4.69) is 43.9 Å². The Morgan fingerprint density at radius 1 is 1.22 bits per heavy atom. The molecule has 1 aliphatic rings. The molecule has 186 valence electrons. The largest absolute Gasteiger partial charge is 0.355 e. The topological polar surface area (TPSA) is 85.5 Å². The predicted molar refractivity (Wildman–Crippen MR) is 145 cm³/mol. The van der Waals surface area contributed by atoms with Crippen LogP contribution in [-0.4, -0.2) is 51.3 Å².